The van der Waals surface area contributed by atoms with Gasteiger partial charge in [-0.25, -0.2) is 0 Å². The highest BCUT2D eigenvalue weighted by Gasteiger charge is 3.01. The van der Waals surface area contributed by atoms with Gasteiger partial charge < -0.3 is 9.47 Å². The second kappa shape index (κ2) is 1.35. The van der Waals surface area contributed by atoms with E-state index < -0.39 is 0 Å². The van der Waals surface area contributed by atoms with E-state index in [-0.39, 0.29) is 11.2 Å². The molecule has 0 aromatic rings. The summed E-state index contributed by atoms with van der Waals surface area (Å²) in [6, 6.07) is 0. The van der Waals surface area contributed by atoms with Gasteiger partial charge in [-0.1, -0.05) is 0 Å². The van der Waals surface area contributed by atoms with E-state index in [0.717, 1.165) is 11.8 Å². The summed E-state index contributed by atoms with van der Waals surface area (Å²) in [5.41, 5.74) is 1.09. The van der Waals surface area contributed by atoms with Crippen molar-refractivity contribution >= 4 is 0 Å². The molecular formula is C12H14O2. The van der Waals surface area contributed by atoms with E-state index >= 15 is 0 Å². The van der Waals surface area contributed by atoms with Crippen LogP contribution in [-0.2, 0) is 9.47 Å². The molecule has 74 valence electrons. The third-order valence-corrected chi connectivity index (χ3v) is 6.42. The summed E-state index contributed by atoms with van der Waals surface area (Å²) < 4.78 is 12.4. The molecule has 2 saturated heterocycles. The van der Waals surface area contributed by atoms with Gasteiger partial charge in [0.15, 0.2) is 0 Å². The van der Waals surface area contributed by atoms with Crippen molar-refractivity contribution < 1.29 is 9.47 Å². The fraction of sp³-hybridized carbons (Fsp3) is 1.00. The molecule has 0 aromatic carbocycles. The summed E-state index contributed by atoms with van der Waals surface area (Å²) in [4.78, 5) is 0. The van der Waals surface area contributed by atoms with Crippen molar-refractivity contribution in [3.63, 3.8) is 0 Å². The first kappa shape index (κ1) is 6.49. The lowest BCUT2D eigenvalue weighted by atomic mass is 9.79. The number of rotatable bonds is 0. The molecule has 2 heteroatoms. The highest BCUT2D eigenvalue weighted by atomic mass is 16.7. The van der Waals surface area contributed by atoms with Gasteiger partial charge in [-0.05, 0) is 43.9 Å². The number of ether oxygens (including phenoxy) is 2. The molecule has 2 bridgehead atoms. The van der Waals surface area contributed by atoms with Crippen LogP contribution in [0.3, 0.4) is 0 Å². The highest BCUT2D eigenvalue weighted by molar-refractivity contribution is 5.49. The molecule has 2 nitrogen and oxygen atoms in total. The lowest BCUT2D eigenvalue weighted by Gasteiger charge is -2.24. The Balaban J connectivity index is 1.67. The van der Waals surface area contributed by atoms with E-state index in [1.807, 2.05) is 0 Å². The summed E-state index contributed by atoms with van der Waals surface area (Å²) in [5.74, 6) is 1.75. The first-order valence-electron chi connectivity index (χ1n) is 6.20. The summed E-state index contributed by atoms with van der Waals surface area (Å²) in [6.07, 6.45) is 8.34. The van der Waals surface area contributed by atoms with Gasteiger partial charge in [0.25, 0.3) is 0 Å². The second-order valence-corrected chi connectivity index (χ2v) is 6.52. The molecule has 4 saturated carbocycles. The third kappa shape index (κ3) is 0.337. The van der Waals surface area contributed by atoms with Gasteiger partial charge in [-0.3, -0.25) is 0 Å². The molecule has 0 amide bonds. The average molecular weight is 190 g/mol. The maximum atomic E-state index is 6.20. The molecule has 0 unspecified atom stereocenters. The number of epoxide rings is 2. The lowest BCUT2D eigenvalue weighted by Crippen LogP contribution is -2.39. The van der Waals surface area contributed by atoms with Crippen molar-refractivity contribution in [1.29, 1.82) is 0 Å². The Morgan fingerprint density at radius 1 is 0.857 bits per heavy atom. The van der Waals surface area contributed by atoms with Crippen LogP contribution in [0.5, 0.6) is 0 Å². The van der Waals surface area contributed by atoms with Gasteiger partial charge in [0.05, 0.1) is 12.2 Å². The van der Waals surface area contributed by atoms with Crippen molar-refractivity contribution in [3.05, 3.63) is 0 Å². The minimum Gasteiger partial charge on any atom is -0.362 e. The van der Waals surface area contributed by atoms with Gasteiger partial charge >= 0.3 is 0 Å². The monoisotopic (exact) mass is 190 g/mol. The highest BCUT2D eigenvalue weighted by Crippen LogP contribution is 2.89. The molecule has 0 N–H and O–H groups in total. The maximum Gasteiger partial charge on any atom is 0.130 e. The third-order valence-electron chi connectivity index (χ3n) is 6.42. The van der Waals surface area contributed by atoms with Gasteiger partial charge in [0, 0.05) is 5.41 Å². The lowest BCUT2D eigenvalue weighted by molar-refractivity contribution is 0.100. The molecule has 14 heavy (non-hydrogen) atoms. The standard InChI is InChI=1S/C12H14O2/c1-2-7-5-6(1)11-8(13-11)10(3-4-10)9-12(7,11)14-9/h6-9H,1-5H2/t6-,7-,8+,9+,11-,12-/m0/s1. The molecule has 6 aliphatic rings. The first-order chi connectivity index (χ1) is 6.85. The van der Waals surface area contributed by atoms with Crippen LogP contribution in [0.15, 0.2) is 0 Å². The largest absolute Gasteiger partial charge is 0.362 e. The predicted octanol–water partition coefficient (Wildman–Crippen LogP) is 1.49. The van der Waals surface area contributed by atoms with E-state index in [4.69, 9.17) is 9.47 Å². The quantitative estimate of drug-likeness (QED) is 0.541. The molecular weight excluding hydrogens is 176 g/mol. The van der Waals surface area contributed by atoms with Gasteiger partial charge in [0.1, 0.15) is 11.2 Å². The minimum absolute atomic E-state index is 0.275. The van der Waals surface area contributed by atoms with Crippen LogP contribution in [-0.4, -0.2) is 23.4 Å². The average Bonchev–Trinajstić information content (AvgIpc) is 3.03. The van der Waals surface area contributed by atoms with Crippen LogP contribution < -0.4 is 0 Å². The van der Waals surface area contributed by atoms with E-state index in [9.17, 15) is 0 Å². The topological polar surface area (TPSA) is 25.1 Å². The smallest absolute Gasteiger partial charge is 0.130 e. The number of hydrogen-bond acceptors (Lipinski definition) is 2. The Morgan fingerprint density at radius 2 is 1.43 bits per heavy atom. The van der Waals surface area contributed by atoms with Crippen LogP contribution >= 0.6 is 0 Å². The Kier molecular flexibility index (Phi) is 0.624. The van der Waals surface area contributed by atoms with Crippen molar-refractivity contribution in [2.75, 3.05) is 0 Å². The van der Waals surface area contributed by atoms with Crippen LogP contribution in [0.25, 0.3) is 0 Å². The molecule has 6 rings (SSSR count). The molecule has 0 aromatic heterocycles. The van der Waals surface area contributed by atoms with Crippen LogP contribution in [0.4, 0.5) is 0 Å². The van der Waals surface area contributed by atoms with E-state index in [0.29, 0.717) is 17.6 Å². The zero-order valence-corrected chi connectivity index (χ0v) is 8.16. The molecule has 4 aliphatic carbocycles. The van der Waals surface area contributed by atoms with Gasteiger partial charge in [-0.2, -0.15) is 0 Å². The van der Waals surface area contributed by atoms with Crippen LogP contribution in [0, 0.1) is 17.3 Å². The second-order valence-electron chi connectivity index (χ2n) is 6.52. The Morgan fingerprint density at radius 3 is 1.93 bits per heavy atom. The molecule has 6 fully saturated rings. The van der Waals surface area contributed by atoms with E-state index in [2.05, 4.69) is 0 Å². The normalized spacial score (nSPS) is 77.1. The summed E-state index contributed by atoms with van der Waals surface area (Å²) in [6.45, 7) is 0. The Hall–Kier alpha value is -0.0800. The Labute approximate surface area is 82.9 Å². The molecule has 0 radical (unpaired) electrons. The predicted molar refractivity (Wildman–Crippen MR) is 47.7 cm³/mol. The zero-order valence-electron chi connectivity index (χ0n) is 8.16. The van der Waals surface area contributed by atoms with Crippen LogP contribution in [0.1, 0.15) is 32.1 Å². The van der Waals surface area contributed by atoms with Crippen molar-refractivity contribution in [2.24, 2.45) is 17.3 Å². The molecule has 3 spiro atoms. The fourth-order valence-electron chi connectivity index (χ4n) is 5.83. The van der Waals surface area contributed by atoms with Crippen molar-refractivity contribution in [1.82, 2.24) is 0 Å². The molecule has 2 heterocycles. The molecule has 2 aliphatic heterocycles. The summed E-state index contributed by atoms with van der Waals surface area (Å²) >= 11 is 0. The minimum atomic E-state index is 0.275. The SMILES string of the molecule is C1C[C@H]2C[C@H]1[C@]13O[C@@H]1C1(CC1)[C@H]1O[C@@]213. The Bertz CT molecular complexity index is 356. The summed E-state index contributed by atoms with van der Waals surface area (Å²) in [5, 5.41) is 0. The maximum absolute atomic E-state index is 6.20. The number of fused-ring (bicyclic) bond motifs is 4. The number of hydrogen-bond donors (Lipinski definition) is 0. The molecule has 6 atom stereocenters. The first-order valence-corrected chi connectivity index (χ1v) is 6.20. The fourth-order valence-corrected chi connectivity index (χ4v) is 5.83. The van der Waals surface area contributed by atoms with Gasteiger partial charge in [-0.15, -0.1) is 0 Å². The van der Waals surface area contributed by atoms with Crippen molar-refractivity contribution in [2.45, 2.75) is 55.5 Å². The van der Waals surface area contributed by atoms with Crippen LogP contribution in [0.2, 0.25) is 0 Å². The van der Waals surface area contributed by atoms with E-state index in [1.165, 1.54) is 32.1 Å². The van der Waals surface area contributed by atoms with Gasteiger partial charge in [0.2, 0.25) is 0 Å². The summed E-state index contributed by atoms with van der Waals surface area (Å²) in [7, 11) is 0. The van der Waals surface area contributed by atoms with Crippen molar-refractivity contribution in [3.8, 4) is 0 Å². The zero-order chi connectivity index (χ0) is 8.76. The van der Waals surface area contributed by atoms with E-state index in [1.54, 1.807) is 0 Å².